The Morgan fingerprint density at radius 1 is 1.31 bits per heavy atom. The summed E-state index contributed by atoms with van der Waals surface area (Å²) in [6, 6.07) is 7.98. The number of nitrogens with two attached hydrogens (primary N) is 1. The van der Waals surface area contributed by atoms with E-state index in [4.69, 9.17) is 10.5 Å². The molecule has 1 aliphatic heterocycles. The Bertz CT molecular complexity index is 635. The number of hydrogen-bond acceptors (Lipinski definition) is 4. The van der Waals surface area contributed by atoms with Crippen LogP contribution in [0.1, 0.15) is 38.7 Å². The SMILES string of the molecule is CC[C@H](C)[C@@H](NC(=O)[C@H]1CCCN1C(=O)OCc1ccccc1)C(N)=O. The van der Waals surface area contributed by atoms with Crippen molar-refractivity contribution in [1.82, 2.24) is 10.2 Å². The van der Waals surface area contributed by atoms with Gasteiger partial charge in [0.2, 0.25) is 11.8 Å². The fourth-order valence-electron chi connectivity index (χ4n) is 3.04. The Morgan fingerprint density at radius 2 is 2.00 bits per heavy atom. The van der Waals surface area contributed by atoms with Crippen LogP contribution in [0, 0.1) is 5.92 Å². The molecule has 1 aromatic carbocycles. The van der Waals surface area contributed by atoms with Gasteiger partial charge in [-0.15, -0.1) is 0 Å². The van der Waals surface area contributed by atoms with Gasteiger partial charge in [0.15, 0.2) is 0 Å². The number of carbonyl (C=O) groups excluding carboxylic acids is 3. The van der Waals surface area contributed by atoms with Crippen LogP contribution in [0.25, 0.3) is 0 Å². The van der Waals surface area contributed by atoms with E-state index in [1.807, 2.05) is 44.2 Å². The normalized spacial score (nSPS) is 18.8. The Labute approximate surface area is 153 Å². The lowest BCUT2D eigenvalue weighted by Gasteiger charge is -2.27. The predicted molar refractivity (Wildman–Crippen MR) is 96.9 cm³/mol. The first-order valence-electron chi connectivity index (χ1n) is 9.01. The summed E-state index contributed by atoms with van der Waals surface area (Å²) < 4.78 is 5.33. The summed E-state index contributed by atoms with van der Waals surface area (Å²) in [5, 5.41) is 2.70. The highest BCUT2D eigenvalue weighted by Crippen LogP contribution is 2.20. The van der Waals surface area contributed by atoms with E-state index in [2.05, 4.69) is 5.32 Å². The molecular formula is C19H27N3O4. The van der Waals surface area contributed by atoms with Crippen LogP contribution in [0.15, 0.2) is 30.3 Å². The van der Waals surface area contributed by atoms with E-state index < -0.39 is 24.1 Å². The molecule has 1 aliphatic rings. The highest BCUT2D eigenvalue weighted by molar-refractivity contribution is 5.91. The summed E-state index contributed by atoms with van der Waals surface area (Å²) in [6.45, 7) is 4.39. The molecule has 0 aliphatic carbocycles. The van der Waals surface area contributed by atoms with Crippen molar-refractivity contribution in [2.45, 2.75) is 51.8 Å². The molecule has 0 spiro atoms. The Kier molecular flexibility index (Phi) is 7.00. The number of nitrogens with zero attached hydrogens (tertiary/aromatic N) is 1. The topological polar surface area (TPSA) is 102 Å². The number of carbonyl (C=O) groups is 3. The van der Waals surface area contributed by atoms with Gasteiger partial charge < -0.3 is 15.8 Å². The number of rotatable bonds is 7. The highest BCUT2D eigenvalue weighted by Gasteiger charge is 2.37. The lowest BCUT2D eigenvalue weighted by Crippen LogP contribution is -2.54. The fourth-order valence-corrected chi connectivity index (χ4v) is 3.04. The van der Waals surface area contributed by atoms with Crippen LogP contribution in [0.3, 0.4) is 0 Å². The average molecular weight is 361 g/mol. The molecular weight excluding hydrogens is 334 g/mol. The maximum atomic E-state index is 12.6. The van der Waals surface area contributed by atoms with Gasteiger partial charge in [-0.2, -0.15) is 0 Å². The van der Waals surface area contributed by atoms with Crippen LogP contribution in [0.2, 0.25) is 0 Å². The molecule has 1 heterocycles. The van der Waals surface area contributed by atoms with Crippen molar-refractivity contribution in [2.75, 3.05) is 6.54 Å². The molecule has 7 heteroatoms. The second kappa shape index (κ2) is 9.22. The van der Waals surface area contributed by atoms with Crippen LogP contribution in [0.4, 0.5) is 4.79 Å². The van der Waals surface area contributed by atoms with Gasteiger partial charge in [-0.1, -0.05) is 50.6 Å². The van der Waals surface area contributed by atoms with E-state index in [-0.39, 0.29) is 18.4 Å². The number of ether oxygens (including phenoxy) is 1. The summed E-state index contributed by atoms with van der Waals surface area (Å²) in [5.41, 5.74) is 6.29. The Hall–Kier alpha value is -2.57. The number of primary amides is 1. The van der Waals surface area contributed by atoms with Crippen LogP contribution >= 0.6 is 0 Å². The van der Waals surface area contributed by atoms with Gasteiger partial charge >= 0.3 is 6.09 Å². The molecule has 1 fully saturated rings. The van der Waals surface area contributed by atoms with E-state index in [1.165, 1.54) is 4.90 Å². The molecule has 0 unspecified atom stereocenters. The molecule has 1 aromatic rings. The van der Waals surface area contributed by atoms with Crippen molar-refractivity contribution in [1.29, 1.82) is 0 Å². The highest BCUT2D eigenvalue weighted by atomic mass is 16.6. The number of amides is 3. The second-order valence-electron chi connectivity index (χ2n) is 6.67. The summed E-state index contributed by atoms with van der Waals surface area (Å²) >= 11 is 0. The third-order valence-electron chi connectivity index (χ3n) is 4.81. The van der Waals surface area contributed by atoms with Gasteiger partial charge in [0.25, 0.3) is 0 Å². The summed E-state index contributed by atoms with van der Waals surface area (Å²) in [7, 11) is 0. The molecule has 3 atom stereocenters. The zero-order chi connectivity index (χ0) is 19.1. The fraction of sp³-hybridized carbons (Fsp3) is 0.526. The minimum absolute atomic E-state index is 0.0728. The van der Waals surface area contributed by atoms with Crippen molar-refractivity contribution in [3.63, 3.8) is 0 Å². The Morgan fingerprint density at radius 3 is 2.62 bits per heavy atom. The van der Waals surface area contributed by atoms with Crippen molar-refractivity contribution in [3.8, 4) is 0 Å². The molecule has 3 N–H and O–H groups in total. The van der Waals surface area contributed by atoms with Gasteiger partial charge in [-0.25, -0.2) is 4.79 Å². The summed E-state index contributed by atoms with van der Waals surface area (Å²) in [5.74, 6) is -0.997. The van der Waals surface area contributed by atoms with Gasteiger partial charge in [0.1, 0.15) is 18.7 Å². The molecule has 142 valence electrons. The number of hydrogen-bond donors (Lipinski definition) is 2. The van der Waals surface area contributed by atoms with Crippen molar-refractivity contribution in [2.24, 2.45) is 11.7 Å². The quantitative estimate of drug-likeness (QED) is 0.773. The lowest BCUT2D eigenvalue weighted by atomic mass is 9.98. The molecule has 2 rings (SSSR count). The number of benzene rings is 1. The van der Waals surface area contributed by atoms with E-state index in [9.17, 15) is 14.4 Å². The van der Waals surface area contributed by atoms with Gasteiger partial charge in [-0.05, 0) is 24.3 Å². The minimum Gasteiger partial charge on any atom is -0.445 e. The van der Waals surface area contributed by atoms with Crippen molar-refractivity contribution >= 4 is 17.9 Å². The second-order valence-corrected chi connectivity index (χ2v) is 6.67. The molecule has 1 saturated heterocycles. The molecule has 0 radical (unpaired) electrons. The number of nitrogens with one attached hydrogen (secondary N) is 1. The molecule has 0 aromatic heterocycles. The first-order chi connectivity index (χ1) is 12.4. The smallest absolute Gasteiger partial charge is 0.410 e. The standard InChI is InChI=1S/C19H27N3O4/c1-3-13(2)16(17(20)23)21-18(24)15-10-7-11-22(15)19(25)26-12-14-8-5-4-6-9-14/h4-6,8-9,13,15-16H,3,7,10-12H2,1-2H3,(H2,20,23)(H,21,24)/t13-,15+,16+/m0/s1. The van der Waals surface area contributed by atoms with E-state index in [0.29, 0.717) is 25.8 Å². The zero-order valence-corrected chi connectivity index (χ0v) is 15.3. The first-order valence-corrected chi connectivity index (χ1v) is 9.01. The van der Waals surface area contributed by atoms with Crippen molar-refractivity contribution in [3.05, 3.63) is 35.9 Å². The van der Waals surface area contributed by atoms with Crippen molar-refractivity contribution < 1.29 is 19.1 Å². The van der Waals surface area contributed by atoms with E-state index >= 15 is 0 Å². The van der Waals surface area contributed by atoms with Gasteiger partial charge in [-0.3, -0.25) is 14.5 Å². The third kappa shape index (κ3) is 4.97. The minimum atomic E-state index is -0.740. The Balaban J connectivity index is 1.96. The molecule has 26 heavy (non-hydrogen) atoms. The van der Waals surface area contributed by atoms with Crippen LogP contribution in [0.5, 0.6) is 0 Å². The third-order valence-corrected chi connectivity index (χ3v) is 4.81. The van der Waals surface area contributed by atoms with Crippen LogP contribution in [-0.4, -0.2) is 41.4 Å². The van der Waals surface area contributed by atoms with Crippen LogP contribution in [-0.2, 0) is 20.9 Å². The molecule has 0 bridgehead atoms. The first kappa shape index (κ1) is 19.8. The zero-order valence-electron chi connectivity index (χ0n) is 15.3. The molecule has 7 nitrogen and oxygen atoms in total. The summed E-state index contributed by atoms with van der Waals surface area (Å²) in [6.07, 6.45) is 1.44. The molecule has 3 amide bonds. The monoisotopic (exact) mass is 361 g/mol. The lowest BCUT2D eigenvalue weighted by molar-refractivity contribution is -0.131. The maximum absolute atomic E-state index is 12.6. The van der Waals surface area contributed by atoms with Gasteiger partial charge in [0.05, 0.1) is 0 Å². The average Bonchev–Trinajstić information content (AvgIpc) is 3.14. The number of likely N-dealkylation sites (tertiary alicyclic amines) is 1. The largest absolute Gasteiger partial charge is 0.445 e. The van der Waals surface area contributed by atoms with E-state index in [1.54, 1.807) is 0 Å². The maximum Gasteiger partial charge on any atom is 0.410 e. The van der Waals surface area contributed by atoms with Crippen LogP contribution < -0.4 is 11.1 Å². The predicted octanol–water partition coefficient (Wildman–Crippen LogP) is 1.80. The van der Waals surface area contributed by atoms with E-state index in [0.717, 1.165) is 5.56 Å². The van der Waals surface area contributed by atoms with Gasteiger partial charge in [0, 0.05) is 6.54 Å². The molecule has 0 saturated carbocycles. The summed E-state index contributed by atoms with van der Waals surface area (Å²) in [4.78, 5) is 38.0.